The molecule has 1 amide bonds. The van der Waals surface area contributed by atoms with Crippen LogP contribution in [0.25, 0.3) is 0 Å². The van der Waals surface area contributed by atoms with Gasteiger partial charge in [0.2, 0.25) is 0 Å². The van der Waals surface area contributed by atoms with Gasteiger partial charge in [-0.3, -0.25) is 4.79 Å². The lowest BCUT2D eigenvalue weighted by Crippen LogP contribution is -2.14. The molecule has 4 rings (SSSR count). The van der Waals surface area contributed by atoms with Gasteiger partial charge in [-0.1, -0.05) is 16.9 Å². The van der Waals surface area contributed by atoms with Crippen LogP contribution in [0.2, 0.25) is 0 Å². The predicted molar refractivity (Wildman–Crippen MR) is 130 cm³/mol. The second-order valence-electron chi connectivity index (χ2n) is 7.24. The Kier molecular flexibility index (Phi) is 6.98. The van der Waals surface area contributed by atoms with E-state index in [0.717, 1.165) is 43.2 Å². The van der Waals surface area contributed by atoms with E-state index >= 15 is 0 Å². The quantitative estimate of drug-likeness (QED) is 0.303. The molecule has 1 aromatic carbocycles. The highest BCUT2D eigenvalue weighted by Crippen LogP contribution is 2.33. The highest BCUT2D eigenvalue weighted by Gasteiger charge is 2.16. The number of thioether (sulfide) groups is 1. The number of nitrogens with zero attached hydrogens (tertiary/aromatic N) is 3. The zero-order valence-corrected chi connectivity index (χ0v) is 20.6. The van der Waals surface area contributed by atoms with Crippen LogP contribution in [-0.4, -0.2) is 21.0 Å². The minimum atomic E-state index is -0.182. The first-order valence-electron chi connectivity index (χ1n) is 9.92. The summed E-state index contributed by atoms with van der Waals surface area (Å²) in [6, 6.07) is 9.57. The molecule has 0 saturated heterocycles. The number of aromatic nitrogens is 3. The van der Waals surface area contributed by atoms with E-state index in [0.29, 0.717) is 16.3 Å². The van der Waals surface area contributed by atoms with Gasteiger partial charge in [0.15, 0.2) is 4.34 Å². The van der Waals surface area contributed by atoms with Gasteiger partial charge in [-0.25, -0.2) is 9.97 Å². The molecular formula is C23H22N4O2S3. The van der Waals surface area contributed by atoms with Gasteiger partial charge in [-0.05, 0) is 63.6 Å². The minimum Gasteiger partial charge on any atom is -0.361 e. The van der Waals surface area contributed by atoms with Crippen LogP contribution in [0.4, 0.5) is 5.69 Å². The first kappa shape index (κ1) is 22.6. The summed E-state index contributed by atoms with van der Waals surface area (Å²) in [5, 5.41) is 9.74. The number of benzene rings is 1. The van der Waals surface area contributed by atoms with Crippen molar-refractivity contribution in [2.75, 3.05) is 5.32 Å². The largest absolute Gasteiger partial charge is 0.361 e. The third-order valence-electron chi connectivity index (χ3n) is 4.80. The minimum absolute atomic E-state index is 0.182. The van der Waals surface area contributed by atoms with Crippen molar-refractivity contribution in [3.63, 3.8) is 0 Å². The highest BCUT2D eigenvalue weighted by molar-refractivity contribution is 8.01. The monoisotopic (exact) mass is 482 g/mol. The second kappa shape index (κ2) is 9.89. The number of aryl methyl sites for hydroxylation is 4. The molecule has 0 fully saturated rings. The Morgan fingerprint density at radius 2 is 2.03 bits per heavy atom. The summed E-state index contributed by atoms with van der Waals surface area (Å²) >= 11 is 4.76. The fourth-order valence-electron chi connectivity index (χ4n) is 3.04. The van der Waals surface area contributed by atoms with Crippen LogP contribution < -0.4 is 5.32 Å². The van der Waals surface area contributed by atoms with E-state index < -0.39 is 0 Å². The van der Waals surface area contributed by atoms with Crippen molar-refractivity contribution >= 4 is 46.5 Å². The first-order valence-corrected chi connectivity index (χ1v) is 12.6. The molecule has 32 heavy (non-hydrogen) atoms. The third kappa shape index (κ3) is 5.23. The maximum Gasteiger partial charge on any atom is 0.258 e. The Morgan fingerprint density at radius 1 is 1.19 bits per heavy atom. The number of amides is 1. The van der Waals surface area contributed by atoms with E-state index in [-0.39, 0.29) is 5.91 Å². The Morgan fingerprint density at radius 3 is 2.72 bits per heavy atom. The van der Waals surface area contributed by atoms with E-state index in [1.807, 2.05) is 45.2 Å². The van der Waals surface area contributed by atoms with Crippen LogP contribution in [0, 0.1) is 27.7 Å². The lowest BCUT2D eigenvalue weighted by molar-refractivity contribution is 0.102. The Bertz CT molecular complexity index is 1250. The molecule has 0 saturated carbocycles. The molecule has 0 aliphatic rings. The lowest BCUT2D eigenvalue weighted by atomic mass is 10.2. The molecule has 3 heterocycles. The molecule has 9 heteroatoms. The number of nitrogens with one attached hydrogen (secondary N) is 1. The Labute approximate surface area is 199 Å². The van der Waals surface area contributed by atoms with Crippen LogP contribution >= 0.6 is 34.9 Å². The molecule has 0 spiro atoms. The molecule has 3 aromatic heterocycles. The summed E-state index contributed by atoms with van der Waals surface area (Å²) in [5.74, 6) is 1.25. The summed E-state index contributed by atoms with van der Waals surface area (Å²) in [6.45, 7) is 7.79. The third-order valence-corrected chi connectivity index (χ3v) is 7.88. The number of rotatable bonds is 7. The van der Waals surface area contributed by atoms with Crippen LogP contribution in [0.1, 0.15) is 38.6 Å². The number of carbonyl (C=O) groups excluding carboxylic acids is 1. The Balaban J connectivity index is 1.47. The van der Waals surface area contributed by atoms with Crippen LogP contribution in [0.15, 0.2) is 60.7 Å². The van der Waals surface area contributed by atoms with Crippen molar-refractivity contribution in [1.82, 2.24) is 15.1 Å². The molecule has 0 atom stereocenters. The van der Waals surface area contributed by atoms with Crippen molar-refractivity contribution < 1.29 is 9.32 Å². The molecule has 0 aliphatic heterocycles. The fourth-order valence-corrected chi connectivity index (χ4v) is 6.09. The standard InChI is InChI=1S/C23H22N4O2S3/c1-13-10-17(32-23-25-14(2)11-31-23)7-8-20(13)26-21(28)18-6-5-9-24-22(18)30-12-19-15(3)27-29-16(19)4/h5-11H,12H2,1-4H3,(H,26,28). The van der Waals surface area contributed by atoms with Crippen LogP contribution in [-0.2, 0) is 5.75 Å². The number of anilines is 1. The molecular weight excluding hydrogens is 460 g/mol. The molecule has 0 aliphatic carbocycles. The van der Waals surface area contributed by atoms with Crippen molar-refractivity contribution in [2.24, 2.45) is 0 Å². The van der Waals surface area contributed by atoms with Gasteiger partial charge < -0.3 is 9.84 Å². The molecule has 0 radical (unpaired) electrons. The van der Waals surface area contributed by atoms with Crippen molar-refractivity contribution in [2.45, 2.75) is 47.7 Å². The Hall–Kier alpha value is -2.62. The SMILES string of the molecule is Cc1csc(Sc2ccc(NC(=O)c3cccnc3SCc3c(C)noc3C)c(C)c2)n1. The van der Waals surface area contributed by atoms with Gasteiger partial charge in [0.1, 0.15) is 10.8 Å². The van der Waals surface area contributed by atoms with E-state index in [2.05, 4.69) is 26.5 Å². The summed E-state index contributed by atoms with van der Waals surface area (Å²) in [6.07, 6.45) is 1.70. The van der Waals surface area contributed by atoms with E-state index in [1.54, 1.807) is 41.4 Å². The zero-order chi connectivity index (χ0) is 22.7. The zero-order valence-electron chi connectivity index (χ0n) is 18.1. The molecule has 0 bridgehead atoms. The average Bonchev–Trinajstić information content (AvgIpc) is 3.33. The van der Waals surface area contributed by atoms with Gasteiger partial charge in [0.25, 0.3) is 5.91 Å². The number of hydrogen-bond donors (Lipinski definition) is 1. The number of hydrogen-bond acceptors (Lipinski definition) is 8. The van der Waals surface area contributed by atoms with Crippen LogP contribution in [0.5, 0.6) is 0 Å². The molecule has 164 valence electrons. The van der Waals surface area contributed by atoms with Gasteiger partial charge in [0, 0.05) is 39.2 Å². The number of thiazole rings is 1. The van der Waals surface area contributed by atoms with Crippen LogP contribution in [0.3, 0.4) is 0 Å². The highest BCUT2D eigenvalue weighted by atomic mass is 32.2. The number of carbonyl (C=O) groups is 1. The maximum absolute atomic E-state index is 13.1. The summed E-state index contributed by atoms with van der Waals surface area (Å²) in [4.78, 5) is 23.1. The normalized spacial score (nSPS) is 11.0. The molecule has 1 N–H and O–H groups in total. The fraction of sp³-hybridized carbons (Fsp3) is 0.217. The number of pyridine rings is 1. The smallest absolute Gasteiger partial charge is 0.258 e. The molecule has 0 unspecified atom stereocenters. The first-order chi connectivity index (χ1) is 15.4. The maximum atomic E-state index is 13.1. The van der Waals surface area contributed by atoms with Crippen molar-refractivity contribution in [1.29, 1.82) is 0 Å². The predicted octanol–water partition coefficient (Wildman–Crippen LogP) is 6.46. The summed E-state index contributed by atoms with van der Waals surface area (Å²) in [5.41, 5.74) is 5.23. The van der Waals surface area contributed by atoms with Crippen molar-refractivity contribution in [3.8, 4) is 0 Å². The van der Waals surface area contributed by atoms with Crippen molar-refractivity contribution in [3.05, 3.63) is 75.7 Å². The average molecular weight is 483 g/mol. The molecule has 4 aromatic rings. The molecule has 6 nitrogen and oxygen atoms in total. The van der Waals surface area contributed by atoms with Gasteiger partial charge >= 0.3 is 0 Å². The van der Waals surface area contributed by atoms with E-state index in [1.165, 1.54) is 11.8 Å². The summed E-state index contributed by atoms with van der Waals surface area (Å²) < 4.78 is 6.24. The van der Waals surface area contributed by atoms with E-state index in [9.17, 15) is 4.79 Å². The summed E-state index contributed by atoms with van der Waals surface area (Å²) in [7, 11) is 0. The van der Waals surface area contributed by atoms with E-state index in [4.69, 9.17) is 4.52 Å². The second-order valence-corrected chi connectivity index (χ2v) is 10.4. The van der Waals surface area contributed by atoms with Gasteiger partial charge in [-0.15, -0.1) is 23.1 Å². The lowest BCUT2D eigenvalue weighted by Gasteiger charge is -2.12. The topological polar surface area (TPSA) is 80.9 Å². The van der Waals surface area contributed by atoms with Gasteiger partial charge in [-0.2, -0.15) is 0 Å². The van der Waals surface area contributed by atoms with Gasteiger partial charge in [0.05, 0.1) is 11.3 Å².